The van der Waals surface area contributed by atoms with Gasteiger partial charge in [0.25, 0.3) is 0 Å². The van der Waals surface area contributed by atoms with Crippen molar-refractivity contribution >= 4 is 17.9 Å². The smallest absolute Gasteiger partial charge is 0.407 e. The first kappa shape index (κ1) is 14.2. The van der Waals surface area contributed by atoms with E-state index in [-0.39, 0.29) is 25.0 Å². The van der Waals surface area contributed by atoms with Crippen molar-refractivity contribution in [3.63, 3.8) is 0 Å². The van der Waals surface area contributed by atoms with Gasteiger partial charge in [0.1, 0.15) is 6.54 Å². The number of carbonyl (C=O) groups excluding carboxylic acids is 3. The fraction of sp³-hybridized carbons (Fsp3) is 0.667. The maximum absolute atomic E-state index is 11.1. The number of methoxy groups -OCH3 is 1. The zero-order valence-corrected chi connectivity index (χ0v) is 9.62. The summed E-state index contributed by atoms with van der Waals surface area (Å²) in [7, 11) is 1.20. The Bertz CT molecular complexity index is 265. The minimum atomic E-state index is -0.693. The minimum Gasteiger partial charge on any atom is -0.453 e. The molecule has 0 unspecified atom stereocenters. The molecule has 7 heteroatoms. The van der Waals surface area contributed by atoms with Crippen molar-refractivity contribution in [1.29, 1.82) is 0 Å². The summed E-state index contributed by atoms with van der Waals surface area (Å²) >= 11 is 0. The molecule has 0 spiro atoms. The van der Waals surface area contributed by atoms with Crippen LogP contribution in [0.2, 0.25) is 0 Å². The molecule has 0 aliphatic rings. The molecule has 7 nitrogen and oxygen atoms in total. The molecule has 0 aromatic carbocycles. The zero-order chi connectivity index (χ0) is 12.6. The van der Waals surface area contributed by atoms with Crippen LogP contribution >= 0.6 is 0 Å². The highest BCUT2D eigenvalue weighted by Crippen LogP contribution is 1.76. The maximum Gasteiger partial charge on any atom is 0.407 e. The van der Waals surface area contributed by atoms with E-state index < -0.39 is 12.0 Å². The summed E-state index contributed by atoms with van der Waals surface area (Å²) in [5.41, 5.74) is 0. The van der Waals surface area contributed by atoms with Crippen LogP contribution in [0.5, 0.6) is 0 Å². The van der Waals surface area contributed by atoms with Gasteiger partial charge in [-0.05, 0) is 13.8 Å². The Morgan fingerprint density at radius 3 is 2.12 bits per heavy atom. The fourth-order valence-electron chi connectivity index (χ4n) is 0.839. The molecule has 0 aromatic heterocycles. The van der Waals surface area contributed by atoms with Crippen molar-refractivity contribution in [2.45, 2.75) is 19.9 Å². The van der Waals surface area contributed by atoms with Gasteiger partial charge in [-0.1, -0.05) is 0 Å². The number of hydrogen-bond donors (Lipinski definition) is 3. The third-order valence-electron chi connectivity index (χ3n) is 1.47. The van der Waals surface area contributed by atoms with Gasteiger partial charge >= 0.3 is 6.09 Å². The van der Waals surface area contributed by atoms with Crippen molar-refractivity contribution in [2.75, 3.05) is 20.2 Å². The van der Waals surface area contributed by atoms with Crippen LogP contribution in [-0.4, -0.2) is 44.1 Å². The van der Waals surface area contributed by atoms with Crippen LogP contribution in [0.15, 0.2) is 0 Å². The predicted molar refractivity (Wildman–Crippen MR) is 56.7 cm³/mol. The zero-order valence-electron chi connectivity index (χ0n) is 9.62. The summed E-state index contributed by atoms with van der Waals surface area (Å²) in [5.74, 6) is -0.731. The van der Waals surface area contributed by atoms with Crippen molar-refractivity contribution in [3.05, 3.63) is 0 Å². The second kappa shape index (κ2) is 7.49. The molecule has 0 heterocycles. The highest BCUT2D eigenvalue weighted by atomic mass is 16.5. The molecule has 0 bridgehead atoms. The molecule has 16 heavy (non-hydrogen) atoms. The summed E-state index contributed by atoms with van der Waals surface area (Å²) in [6.45, 7) is 3.30. The van der Waals surface area contributed by atoms with Gasteiger partial charge in [0.2, 0.25) is 11.8 Å². The first-order valence-corrected chi connectivity index (χ1v) is 4.83. The summed E-state index contributed by atoms with van der Waals surface area (Å²) in [6, 6.07) is 0.0256. The normalized spacial score (nSPS) is 9.50. The van der Waals surface area contributed by atoms with Crippen LogP contribution in [0.3, 0.4) is 0 Å². The average Bonchev–Trinajstić information content (AvgIpc) is 2.22. The Morgan fingerprint density at radius 1 is 1.06 bits per heavy atom. The number of alkyl carbamates (subject to hydrolysis) is 1. The number of hydrogen-bond acceptors (Lipinski definition) is 4. The molecule has 0 saturated heterocycles. The molecule has 3 amide bonds. The number of amides is 3. The van der Waals surface area contributed by atoms with Crippen molar-refractivity contribution < 1.29 is 19.1 Å². The van der Waals surface area contributed by atoms with E-state index in [2.05, 4.69) is 20.7 Å². The standard InChI is InChI=1S/C9H17N3O4/c1-6(2)12-8(14)5-10-7(13)4-11-9(15)16-3/h6H,4-5H2,1-3H3,(H,10,13)(H,11,15)(H,12,14). The van der Waals surface area contributed by atoms with Gasteiger partial charge < -0.3 is 20.7 Å². The van der Waals surface area contributed by atoms with E-state index >= 15 is 0 Å². The molecule has 0 rings (SSSR count). The van der Waals surface area contributed by atoms with E-state index in [1.54, 1.807) is 0 Å². The van der Waals surface area contributed by atoms with Gasteiger partial charge in [0, 0.05) is 6.04 Å². The molecule has 0 aromatic rings. The SMILES string of the molecule is COC(=O)NCC(=O)NCC(=O)NC(C)C. The summed E-state index contributed by atoms with van der Waals surface area (Å²) in [6.07, 6.45) is -0.693. The van der Waals surface area contributed by atoms with Gasteiger partial charge in [0.05, 0.1) is 13.7 Å². The monoisotopic (exact) mass is 231 g/mol. The molecule has 0 fully saturated rings. The van der Waals surface area contributed by atoms with Gasteiger partial charge in [-0.25, -0.2) is 4.79 Å². The minimum absolute atomic E-state index is 0.0256. The number of carbonyl (C=O) groups is 3. The molecule has 0 aliphatic carbocycles. The van der Waals surface area contributed by atoms with E-state index in [9.17, 15) is 14.4 Å². The Balaban J connectivity index is 3.65. The molecule has 0 radical (unpaired) electrons. The summed E-state index contributed by atoms with van der Waals surface area (Å²) in [4.78, 5) is 32.8. The van der Waals surface area contributed by atoms with Gasteiger partial charge in [0.15, 0.2) is 0 Å². The second-order valence-corrected chi connectivity index (χ2v) is 3.34. The van der Waals surface area contributed by atoms with Gasteiger partial charge in [-0.15, -0.1) is 0 Å². The van der Waals surface area contributed by atoms with Gasteiger partial charge in [-0.2, -0.15) is 0 Å². The van der Waals surface area contributed by atoms with E-state index in [0.717, 1.165) is 0 Å². The lowest BCUT2D eigenvalue weighted by atomic mass is 10.4. The summed E-state index contributed by atoms with van der Waals surface area (Å²) in [5, 5.41) is 7.15. The average molecular weight is 231 g/mol. The highest BCUT2D eigenvalue weighted by Gasteiger charge is 2.07. The van der Waals surface area contributed by atoms with Gasteiger partial charge in [-0.3, -0.25) is 9.59 Å². The number of rotatable bonds is 5. The van der Waals surface area contributed by atoms with Crippen LogP contribution in [0.4, 0.5) is 4.79 Å². The fourth-order valence-corrected chi connectivity index (χ4v) is 0.839. The lowest BCUT2D eigenvalue weighted by Crippen LogP contribution is -2.43. The van der Waals surface area contributed by atoms with Crippen LogP contribution in [0.1, 0.15) is 13.8 Å². The molecular formula is C9H17N3O4. The van der Waals surface area contributed by atoms with Crippen LogP contribution in [0, 0.1) is 0 Å². The maximum atomic E-state index is 11.1. The second-order valence-electron chi connectivity index (χ2n) is 3.34. The first-order chi connectivity index (χ1) is 7.45. The Kier molecular flexibility index (Phi) is 6.66. The molecule has 92 valence electrons. The third-order valence-corrected chi connectivity index (χ3v) is 1.47. The Hall–Kier alpha value is -1.79. The van der Waals surface area contributed by atoms with Crippen molar-refractivity contribution in [3.8, 4) is 0 Å². The van der Waals surface area contributed by atoms with Crippen molar-refractivity contribution in [1.82, 2.24) is 16.0 Å². The molecule has 0 atom stereocenters. The van der Waals surface area contributed by atoms with E-state index in [1.807, 2.05) is 13.8 Å². The quantitative estimate of drug-likeness (QED) is 0.564. The lowest BCUT2D eigenvalue weighted by molar-refractivity contribution is -0.125. The predicted octanol–water partition coefficient (Wildman–Crippen LogP) is -1.02. The lowest BCUT2D eigenvalue weighted by Gasteiger charge is -2.09. The molecular weight excluding hydrogens is 214 g/mol. The Morgan fingerprint density at radius 2 is 1.62 bits per heavy atom. The van der Waals surface area contributed by atoms with E-state index in [0.29, 0.717) is 0 Å². The van der Waals surface area contributed by atoms with E-state index in [1.165, 1.54) is 7.11 Å². The molecule has 0 saturated carbocycles. The Labute approximate surface area is 93.9 Å². The summed E-state index contributed by atoms with van der Waals surface area (Å²) < 4.78 is 4.27. The van der Waals surface area contributed by atoms with Crippen LogP contribution in [-0.2, 0) is 14.3 Å². The number of ether oxygens (including phenoxy) is 1. The largest absolute Gasteiger partial charge is 0.453 e. The highest BCUT2D eigenvalue weighted by molar-refractivity contribution is 5.87. The first-order valence-electron chi connectivity index (χ1n) is 4.83. The molecule has 0 aliphatic heterocycles. The van der Waals surface area contributed by atoms with E-state index in [4.69, 9.17) is 0 Å². The topological polar surface area (TPSA) is 96.5 Å². The van der Waals surface area contributed by atoms with Crippen molar-refractivity contribution in [2.24, 2.45) is 0 Å². The number of nitrogens with one attached hydrogen (secondary N) is 3. The van der Waals surface area contributed by atoms with Crippen LogP contribution in [0.25, 0.3) is 0 Å². The van der Waals surface area contributed by atoms with Crippen LogP contribution < -0.4 is 16.0 Å². The third kappa shape index (κ3) is 7.60. The molecule has 3 N–H and O–H groups in total.